The maximum absolute atomic E-state index is 5.39. The SMILES string of the molecule is Cc1nn(-c2ccccc2)nc1-c1nnc(N)o1. The zero-order chi connectivity index (χ0) is 12.5. The van der Waals surface area contributed by atoms with Crippen LogP contribution in [0.1, 0.15) is 5.69 Å². The van der Waals surface area contributed by atoms with Crippen molar-refractivity contribution in [2.45, 2.75) is 6.92 Å². The number of nitrogen functional groups attached to an aromatic ring is 1. The third kappa shape index (κ3) is 1.71. The number of rotatable bonds is 2. The summed E-state index contributed by atoms with van der Waals surface area (Å²) < 4.78 is 5.14. The number of para-hydroxylation sites is 1. The van der Waals surface area contributed by atoms with Crippen LogP contribution in [0.2, 0.25) is 0 Å². The van der Waals surface area contributed by atoms with Gasteiger partial charge in [-0.15, -0.1) is 10.2 Å². The molecule has 2 N–H and O–H groups in total. The molecule has 3 rings (SSSR count). The zero-order valence-corrected chi connectivity index (χ0v) is 9.61. The highest BCUT2D eigenvalue weighted by molar-refractivity contribution is 5.50. The normalized spacial score (nSPS) is 10.7. The molecule has 0 spiro atoms. The first kappa shape index (κ1) is 10.5. The van der Waals surface area contributed by atoms with Gasteiger partial charge in [0.1, 0.15) is 0 Å². The molecular weight excluding hydrogens is 232 g/mol. The van der Waals surface area contributed by atoms with Crippen LogP contribution >= 0.6 is 0 Å². The van der Waals surface area contributed by atoms with Gasteiger partial charge in [0.25, 0.3) is 5.89 Å². The molecular formula is C11H10N6O. The van der Waals surface area contributed by atoms with Crippen LogP contribution in [0.5, 0.6) is 0 Å². The fraction of sp³-hybridized carbons (Fsp3) is 0.0909. The summed E-state index contributed by atoms with van der Waals surface area (Å²) in [6.07, 6.45) is 0. The van der Waals surface area contributed by atoms with Crippen molar-refractivity contribution in [2.24, 2.45) is 0 Å². The molecule has 90 valence electrons. The van der Waals surface area contributed by atoms with Crippen molar-refractivity contribution in [1.82, 2.24) is 25.2 Å². The lowest BCUT2D eigenvalue weighted by Crippen LogP contribution is -1.98. The summed E-state index contributed by atoms with van der Waals surface area (Å²) in [5, 5.41) is 16.0. The van der Waals surface area contributed by atoms with Crippen molar-refractivity contribution in [3.63, 3.8) is 0 Å². The van der Waals surface area contributed by atoms with Crippen molar-refractivity contribution in [3.05, 3.63) is 36.0 Å². The highest BCUT2D eigenvalue weighted by atomic mass is 16.4. The Labute approximate surface area is 102 Å². The van der Waals surface area contributed by atoms with Gasteiger partial charge in [-0.05, 0) is 19.1 Å². The van der Waals surface area contributed by atoms with E-state index in [1.165, 1.54) is 4.80 Å². The Kier molecular flexibility index (Phi) is 2.30. The average molecular weight is 242 g/mol. The minimum Gasteiger partial charge on any atom is -0.402 e. The molecule has 0 aliphatic rings. The van der Waals surface area contributed by atoms with E-state index in [1.54, 1.807) is 0 Å². The van der Waals surface area contributed by atoms with E-state index in [4.69, 9.17) is 10.2 Å². The Hall–Kier alpha value is -2.70. The summed E-state index contributed by atoms with van der Waals surface area (Å²) in [5.41, 5.74) is 7.48. The van der Waals surface area contributed by atoms with Crippen molar-refractivity contribution in [2.75, 3.05) is 5.73 Å². The Morgan fingerprint density at radius 3 is 2.56 bits per heavy atom. The van der Waals surface area contributed by atoms with Gasteiger partial charge in [-0.2, -0.15) is 9.90 Å². The molecule has 1 aromatic carbocycles. The maximum Gasteiger partial charge on any atom is 0.313 e. The lowest BCUT2D eigenvalue weighted by atomic mass is 10.3. The largest absolute Gasteiger partial charge is 0.402 e. The fourth-order valence-corrected chi connectivity index (χ4v) is 1.58. The van der Waals surface area contributed by atoms with Crippen molar-refractivity contribution in [3.8, 4) is 17.3 Å². The van der Waals surface area contributed by atoms with Crippen LogP contribution in [0.4, 0.5) is 6.01 Å². The second-order valence-electron chi connectivity index (χ2n) is 3.70. The van der Waals surface area contributed by atoms with Gasteiger partial charge in [0, 0.05) is 0 Å². The van der Waals surface area contributed by atoms with Crippen LogP contribution in [-0.2, 0) is 0 Å². The first-order valence-corrected chi connectivity index (χ1v) is 5.33. The van der Waals surface area contributed by atoms with E-state index in [1.807, 2.05) is 37.3 Å². The molecule has 0 radical (unpaired) electrons. The Morgan fingerprint density at radius 1 is 1.11 bits per heavy atom. The van der Waals surface area contributed by atoms with E-state index in [0.717, 1.165) is 5.69 Å². The first-order valence-electron chi connectivity index (χ1n) is 5.33. The number of hydrogen-bond acceptors (Lipinski definition) is 6. The molecule has 0 bridgehead atoms. The maximum atomic E-state index is 5.39. The van der Waals surface area contributed by atoms with Gasteiger partial charge in [-0.25, -0.2) is 0 Å². The molecule has 0 aliphatic heterocycles. The van der Waals surface area contributed by atoms with E-state index < -0.39 is 0 Å². The summed E-state index contributed by atoms with van der Waals surface area (Å²) in [7, 11) is 0. The molecule has 7 heteroatoms. The van der Waals surface area contributed by atoms with Crippen molar-refractivity contribution < 1.29 is 4.42 Å². The molecule has 2 heterocycles. The summed E-state index contributed by atoms with van der Waals surface area (Å²) in [4.78, 5) is 1.52. The summed E-state index contributed by atoms with van der Waals surface area (Å²) in [6.45, 7) is 1.82. The third-order valence-electron chi connectivity index (χ3n) is 2.41. The van der Waals surface area contributed by atoms with Crippen molar-refractivity contribution >= 4 is 6.01 Å². The number of benzene rings is 1. The second kappa shape index (κ2) is 3.95. The van der Waals surface area contributed by atoms with Gasteiger partial charge in [0.2, 0.25) is 0 Å². The van der Waals surface area contributed by atoms with Crippen LogP contribution in [0.15, 0.2) is 34.7 Å². The quantitative estimate of drug-likeness (QED) is 0.725. The Balaban J connectivity index is 2.06. The lowest BCUT2D eigenvalue weighted by molar-refractivity contribution is 0.586. The molecule has 0 fully saturated rings. The number of hydrogen-bond donors (Lipinski definition) is 1. The zero-order valence-electron chi connectivity index (χ0n) is 9.61. The monoisotopic (exact) mass is 242 g/mol. The minimum atomic E-state index is 0.0126. The van der Waals surface area contributed by atoms with E-state index in [2.05, 4.69) is 20.4 Å². The molecule has 2 aromatic heterocycles. The standard InChI is InChI=1S/C11H10N6O/c1-7-9(10-13-14-11(12)18-10)16-17(15-7)8-5-3-2-4-6-8/h2-6H,1H3,(H2,12,14). The van der Waals surface area contributed by atoms with Crippen LogP contribution in [0.25, 0.3) is 17.3 Å². The van der Waals surface area contributed by atoms with Crippen LogP contribution in [0.3, 0.4) is 0 Å². The van der Waals surface area contributed by atoms with Gasteiger partial charge in [-0.1, -0.05) is 23.3 Å². The van der Waals surface area contributed by atoms with Gasteiger partial charge in [0.15, 0.2) is 5.69 Å². The van der Waals surface area contributed by atoms with Gasteiger partial charge < -0.3 is 10.2 Å². The number of nitrogens with zero attached hydrogens (tertiary/aromatic N) is 5. The number of aryl methyl sites for hydroxylation is 1. The van der Waals surface area contributed by atoms with E-state index in [0.29, 0.717) is 11.4 Å². The molecule has 0 aliphatic carbocycles. The molecule has 0 saturated carbocycles. The third-order valence-corrected chi connectivity index (χ3v) is 2.41. The Bertz CT molecular complexity index is 672. The first-order chi connectivity index (χ1) is 8.74. The average Bonchev–Trinajstić information content (AvgIpc) is 2.97. The predicted octanol–water partition coefficient (Wildman–Crippen LogP) is 1.21. The molecule has 0 amide bonds. The minimum absolute atomic E-state index is 0.0126. The predicted molar refractivity (Wildman–Crippen MR) is 63.8 cm³/mol. The van der Waals surface area contributed by atoms with Crippen molar-refractivity contribution in [1.29, 1.82) is 0 Å². The molecule has 3 aromatic rings. The summed E-state index contributed by atoms with van der Waals surface area (Å²) >= 11 is 0. The Morgan fingerprint density at radius 2 is 1.89 bits per heavy atom. The molecule has 18 heavy (non-hydrogen) atoms. The summed E-state index contributed by atoms with van der Waals surface area (Å²) in [6, 6.07) is 9.59. The second-order valence-corrected chi connectivity index (χ2v) is 3.70. The highest BCUT2D eigenvalue weighted by Gasteiger charge is 2.16. The van der Waals surface area contributed by atoms with Gasteiger partial charge in [-0.3, -0.25) is 0 Å². The van der Waals surface area contributed by atoms with Crippen LogP contribution in [-0.4, -0.2) is 25.2 Å². The van der Waals surface area contributed by atoms with E-state index in [9.17, 15) is 0 Å². The smallest absolute Gasteiger partial charge is 0.313 e. The number of aromatic nitrogens is 5. The van der Waals surface area contributed by atoms with E-state index >= 15 is 0 Å². The lowest BCUT2D eigenvalue weighted by Gasteiger charge is -1.96. The van der Waals surface area contributed by atoms with Crippen LogP contribution < -0.4 is 5.73 Å². The van der Waals surface area contributed by atoms with Crippen LogP contribution in [0, 0.1) is 6.92 Å². The molecule has 0 atom stereocenters. The fourth-order valence-electron chi connectivity index (χ4n) is 1.58. The van der Waals surface area contributed by atoms with Gasteiger partial charge in [0.05, 0.1) is 11.4 Å². The molecule has 0 unspecified atom stereocenters. The number of nitrogens with two attached hydrogens (primary N) is 1. The molecule has 7 nitrogen and oxygen atoms in total. The number of anilines is 1. The molecule has 0 saturated heterocycles. The van der Waals surface area contributed by atoms with E-state index in [-0.39, 0.29) is 11.9 Å². The topological polar surface area (TPSA) is 95.7 Å². The highest BCUT2D eigenvalue weighted by Crippen LogP contribution is 2.19. The van der Waals surface area contributed by atoms with Gasteiger partial charge >= 0.3 is 6.01 Å². The summed E-state index contributed by atoms with van der Waals surface area (Å²) in [5.74, 6) is 0.271.